The van der Waals surface area contributed by atoms with Crippen LogP contribution in [-0.4, -0.2) is 50.3 Å². The molecule has 182 valence electrons. The third kappa shape index (κ3) is 6.80. The summed E-state index contributed by atoms with van der Waals surface area (Å²) in [6, 6.07) is 9.17. The first-order valence-corrected chi connectivity index (χ1v) is 13.0. The molecule has 2 atom stereocenters. The maximum absolute atomic E-state index is 13.5. The molecule has 0 spiro atoms. The van der Waals surface area contributed by atoms with Crippen LogP contribution in [0.5, 0.6) is 5.75 Å². The average Bonchev–Trinajstić information content (AvgIpc) is 2.80. The summed E-state index contributed by atoms with van der Waals surface area (Å²) in [5.74, 6) is -0.137. The summed E-state index contributed by atoms with van der Waals surface area (Å²) >= 11 is 7.17. The zero-order chi connectivity index (χ0) is 24.7. The van der Waals surface area contributed by atoms with Crippen LogP contribution in [0.4, 0.5) is 10.1 Å². The standard InChI is InChI=1S/C22H24ClFN4O4S2/c1-25-9-10-33-14-17-12-21(22(29)26-16-5-8-20(24)19(23)11-16)28(34(30,31)27-17)13-15-3-6-18(32-2)7-4-15/h3-11,17,21,27H,1,12-14H2,2H3,(H,26,29)/b10-9-. The lowest BCUT2D eigenvalue weighted by Crippen LogP contribution is -2.60. The van der Waals surface area contributed by atoms with Crippen molar-refractivity contribution in [2.24, 2.45) is 4.99 Å². The summed E-state index contributed by atoms with van der Waals surface area (Å²) in [4.78, 5) is 16.8. The molecule has 34 heavy (non-hydrogen) atoms. The highest BCUT2D eigenvalue weighted by Gasteiger charge is 2.42. The zero-order valence-electron chi connectivity index (χ0n) is 18.3. The fraction of sp³-hybridized carbons (Fsp3) is 0.273. The van der Waals surface area contributed by atoms with Gasteiger partial charge in [0.1, 0.15) is 17.6 Å². The summed E-state index contributed by atoms with van der Waals surface area (Å²) in [5, 5.41) is 4.21. The molecule has 1 fully saturated rings. The molecule has 1 heterocycles. The van der Waals surface area contributed by atoms with Crippen LogP contribution < -0.4 is 14.8 Å². The molecular weight excluding hydrogens is 503 g/mol. The fourth-order valence-corrected chi connectivity index (χ4v) is 5.98. The summed E-state index contributed by atoms with van der Waals surface area (Å²) in [5.41, 5.74) is 0.948. The number of anilines is 1. The highest BCUT2D eigenvalue weighted by Crippen LogP contribution is 2.26. The first-order valence-electron chi connectivity index (χ1n) is 10.1. The van der Waals surface area contributed by atoms with Crippen LogP contribution in [-0.2, 0) is 21.5 Å². The van der Waals surface area contributed by atoms with E-state index in [1.165, 1.54) is 37.2 Å². The molecule has 8 nitrogen and oxygen atoms in total. The quantitative estimate of drug-likeness (QED) is 0.484. The van der Waals surface area contributed by atoms with Gasteiger partial charge in [-0.15, -0.1) is 11.8 Å². The van der Waals surface area contributed by atoms with Gasteiger partial charge in [-0.3, -0.25) is 9.79 Å². The highest BCUT2D eigenvalue weighted by atomic mass is 35.5. The van der Waals surface area contributed by atoms with Crippen molar-refractivity contribution in [3.63, 3.8) is 0 Å². The number of aliphatic imine (C=N–C) groups is 1. The number of methoxy groups -OCH3 is 1. The van der Waals surface area contributed by atoms with Gasteiger partial charge in [0.2, 0.25) is 5.91 Å². The topological polar surface area (TPSA) is 100 Å². The van der Waals surface area contributed by atoms with Crippen molar-refractivity contribution in [3.05, 3.63) is 70.5 Å². The Morgan fingerprint density at radius 1 is 1.38 bits per heavy atom. The van der Waals surface area contributed by atoms with Gasteiger partial charge >= 0.3 is 0 Å². The monoisotopic (exact) mass is 526 g/mol. The number of rotatable bonds is 9. The van der Waals surface area contributed by atoms with E-state index in [9.17, 15) is 17.6 Å². The SMILES string of the molecule is C=N/C=C\SCC1CC(C(=O)Nc2ccc(F)c(Cl)c2)N(Cc2ccc(OC)cc2)S(=O)(=O)N1. The van der Waals surface area contributed by atoms with E-state index in [4.69, 9.17) is 16.3 Å². The van der Waals surface area contributed by atoms with Gasteiger partial charge in [0.25, 0.3) is 10.2 Å². The molecule has 0 aliphatic carbocycles. The Morgan fingerprint density at radius 2 is 2.12 bits per heavy atom. The van der Waals surface area contributed by atoms with E-state index in [1.807, 2.05) is 0 Å². The Labute approximate surface area is 207 Å². The maximum Gasteiger partial charge on any atom is 0.280 e. The molecule has 2 N–H and O–H groups in total. The second-order valence-electron chi connectivity index (χ2n) is 7.38. The minimum absolute atomic E-state index is 0.0261. The van der Waals surface area contributed by atoms with Gasteiger partial charge in [0.15, 0.2) is 0 Å². The van der Waals surface area contributed by atoms with Crippen LogP contribution in [0.15, 0.2) is 59.1 Å². The fourth-order valence-electron chi connectivity index (χ4n) is 3.38. The smallest absolute Gasteiger partial charge is 0.280 e. The van der Waals surface area contributed by atoms with Crippen molar-refractivity contribution in [2.45, 2.75) is 25.0 Å². The number of hydrogen-bond acceptors (Lipinski definition) is 6. The molecule has 0 aromatic heterocycles. The van der Waals surface area contributed by atoms with Crippen molar-refractivity contribution >= 4 is 51.9 Å². The highest BCUT2D eigenvalue weighted by molar-refractivity contribution is 8.02. The first-order chi connectivity index (χ1) is 16.2. The number of carbonyl (C=O) groups is 1. The molecule has 0 radical (unpaired) electrons. The molecule has 2 unspecified atom stereocenters. The Bertz CT molecular complexity index is 1160. The first kappa shape index (κ1) is 26.2. The van der Waals surface area contributed by atoms with Crippen molar-refractivity contribution in [3.8, 4) is 5.75 Å². The Hall–Kier alpha value is -2.44. The molecule has 0 bridgehead atoms. The van der Waals surface area contributed by atoms with E-state index >= 15 is 0 Å². The predicted molar refractivity (Wildman–Crippen MR) is 134 cm³/mol. The molecule has 2 aromatic rings. The van der Waals surface area contributed by atoms with Gasteiger partial charge in [0, 0.05) is 30.2 Å². The van der Waals surface area contributed by atoms with Gasteiger partial charge in [-0.1, -0.05) is 23.7 Å². The second kappa shape index (κ2) is 11.8. The Morgan fingerprint density at radius 3 is 2.76 bits per heavy atom. The Balaban J connectivity index is 1.86. The maximum atomic E-state index is 13.5. The van der Waals surface area contributed by atoms with E-state index in [0.29, 0.717) is 17.1 Å². The molecule has 2 aromatic carbocycles. The third-order valence-corrected chi connectivity index (χ3v) is 7.86. The number of thioether (sulfide) groups is 1. The van der Waals surface area contributed by atoms with Gasteiger partial charge < -0.3 is 10.1 Å². The van der Waals surface area contributed by atoms with E-state index in [0.717, 1.165) is 10.4 Å². The van der Waals surface area contributed by atoms with E-state index in [1.54, 1.807) is 29.7 Å². The van der Waals surface area contributed by atoms with Crippen molar-refractivity contribution in [2.75, 3.05) is 18.2 Å². The number of amides is 1. The average molecular weight is 527 g/mol. The summed E-state index contributed by atoms with van der Waals surface area (Å²) in [6.07, 6.45) is 1.72. The van der Waals surface area contributed by atoms with E-state index in [2.05, 4.69) is 21.7 Å². The van der Waals surface area contributed by atoms with Crippen LogP contribution in [0.25, 0.3) is 0 Å². The normalized spacial score (nSPS) is 20.2. The number of nitrogens with zero attached hydrogens (tertiary/aromatic N) is 2. The molecule has 1 aliphatic heterocycles. The summed E-state index contributed by atoms with van der Waals surface area (Å²) in [6.45, 7) is 3.33. The largest absolute Gasteiger partial charge is 0.497 e. The number of ether oxygens (including phenoxy) is 1. The Kier molecular flexibility index (Phi) is 9.09. The van der Waals surface area contributed by atoms with Crippen molar-refractivity contribution in [1.82, 2.24) is 9.03 Å². The lowest BCUT2D eigenvalue weighted by molar-refractivity contribution is -0.120. The molecule has 1 saturated heterocycles. The molecule has 1 aliphatic rings. The third-order valence-electron chi connectivity index (χ3n) is 5.03. The van der Waals surface area contributed by atoms with Crippen molar-refractivity contribution < 1.29 is 22.3 Å². The van der Waals surface area contributed by atoms with Crippen LogP contribution in [0.2, 0.25) is 5.02 Å². The number of hydrogen-bond donors (Lipinski definition) is 2. The molecule has 3 rings (SSSR count). The van der Waals surface area contributed by atoms with Gasteiger partial charge in [-0.2, -0.15) is 17.4 Å². The molecule has 0 saturated carbocycles. The van der Waals surface area contributed by atoms with Crippen LogP contribution in [0, 0.1) is 5.82 Å². The summed E-state index contributed by atoms with van der Waals surface area (Å²) in [7, 11) is -2.46. The minimum Gasteiger partial charge on any atom is -0.497 e. The number of benzene rings is 2. The summed E-state index contributed by atoms with van der Waals surface area (Å²) < 4.78 is 48.7. The predicted octanol–water partition coefficient (Wildman–Crippen LogP) is 3.81. The van der Waals surface area contributed by atoms with Gasteiger partial charge in [0.05, 0.1) is 12.1 Å². The van der Waals surface area contributed by atoms with Crippen LogP contribution >= 0.6 is 23.4 Å². The van der Waals surface area contributed by atoms with E-state index in [-0.39, 0.29) is 23.7 Å². The van der Waals surface area contributed by atoms with E-state index < -0.39 is 34.0 Å². The number of nitrogens with one attached hydrogen (secondary N) is 2. The van der Waals surface area contributed by atoms with Gasteiger partial charge in [-0.05, 0) is 54.4 Å². The van der Waals surface area contributed by atoms with Crippen LogP contribution in [0.1, 0.15) is 12.0 Å². The van der Waals surface area contributed by atoms with Gasteiger partial charge in [-0.25, -0.2) is 4.39 Å². The minimum atomic E-state index is -4.00. The second-order valence-corrected chi connectivity index (χ2v) is 10.4. The number of halogens is 2. The van der Waals surface area contributed by atoms with Crippen LogP contribution in [0.3, 0.4) is 0 Å². The van der Waals surface area contributed by atoms with Crippen molar-refractivity contribution in [1.29, 1.82) is 0 Å². The molecule has 1 amide bonds. The molecular formula is C22H24ClFN4O4S2. The number of carbonyl (C=O) groups excluding carboxylic acids is 1. The molecule has 12 heteroatoms. The lowest BCUT2D eigenvalue weighted by Gasteiger charge is -2.38. The lowest BCUT2D eigenvalue weighted by atomic mass is 10.1. The zero-order valence-corrected chi connectivity index (χ0v) is 20.7.